The third-order valence-electron chi connectivity index (χ3n) is 10.7. The summed E-state index contributed by atoms with van der Waals surface area (Å²) in [4.78, 5) is 22.6. The van der Waals surface area contributed by atoms with E-state index in [1.54, 1.807) is 0 Å². The van der Waals surface area contributed by atoms with Gasteiger partial charge in [-0.1, -0.05) is 191 Å². The maximum atomic E-state index is 12.7. The van der Waals surface area contributed by atoms with Crippen molar-refractivity contribution in [2.24, 2.45) is 0 Å². The molecule has 10 heteroatoms. The number of hydrogen-bond acceptors (Lipinski definition) is 8. The number of carbonyl (C=O) groups is 1. The number of phosphoric ester groups is 1. The Kier molecular flexibility index (Phi) is 46.6. The molecule has 9 nitrogen and oxygen atoms in total. The van der Waals surface area contributed by atoms with Gasteiger partial charge in [-0.15, -0.1) is 0 Å². The van der Waals surface area contributed by atoms with E-state index in [2.05, 4.69) is 62.5 Å². The van der Waals surface area contributed by atoms with Crippen LogP contribution >= 0.6 is 7.82 Å². The number of carbonyl (C=O) groups excluding carboxylic acids is 1. The standard InChI is InChI=1S/C51H95O9P/c1-3-5-7-9-11-13-15-17-19-21-22-23-24-25-26-27-28-30-32-34-36-38-40-42-44-57-47-50(48-59-61(55,56)58-46-49(53)45-52)60-51(54)43-41-39-37-35-33-31-29-20-18-16-14-12-10-8-6-4-2/h14-17,20-22,29,49-50,52-53H,3-13,18-19,23-28,30-48H2,1-2H3,(H,55,56)/b16-14-,17-15-,22-21-,29-20-. The minimum atomic E-state index is -4.53. The fraction of sp³-hybridized carbons (Fsp3) is 0.824. The Hall–Kier alpha value is -1.58. The Morgan fingerprint density at radius 3 is 1.33 bits per heavy atom. The normalized spacial score (nSPS) is 14.2. The van der Waals surface area contributed by atoms with Gasteiger partial charge in [0.1, 0.15) is 12.2 Å². The molecule has 0 radical (unpaired) electrons. The Morgan fingerprint density at radius 1 is 0.508 bits per heavy atom. The first-order valence-corrected chi connectivity index (χ1v) is 26.6. The van der Waals surface area contributed by atoms with Crippen LogP contribution in [0.4, 0.5) is 0 Å². The Morgan fingerprint density at radius 2 is 0.885 bits per heavy atom. The van der Waals surface area contributed by atoms with Crippen LogP contribution in [0.3, 0.4) is 0 Å². The quantitative estimate of drug-likeness (QED) is 0.0236. The lowest BCUT2D eigenvalue weighted by atomic mass is 10.0. The van der Waals surface area contributed by atoms with Crippen molar-refractivity contribution in [1.82, 2.24) is 0 Å². The molecule has 0 aromatic carbocycles. The number of ether oxygens (including phenoxy) is 2. The van der Waals surface area contributed by atoms with E-state index in [4.69, 9.17) is 23.6 Å². The molecule has 0 amide bonds. The summed E-state index contributed by atoms with van der Waals surface area (Å²) in [6.45, 7) is 3.49. The van der Waals surface area contributed by atoms with Crippen molar-refractivity contribution in [3.63, 3.8) is 0 Å². The van der Waals surface area contributed by atoms with Gasteiger partial charge in [0.2, 0.25) is 0 Å². The number of aliphatic hydroxyl groups is 2. The van der Waals surface area contributed by atoms with Gasteiger partial charge in [-0.2, -0.15) is 0 Å². The largest absolute Gasteiger partial charge is 0.472 e. The van der Waals surface area contributed by atoms with Gasteiger partial charge in [0.15, 0.2) is 0 Å². The predicted octanol–water partition coefficient (Wildman–Crippen LogP) is 14.5. The molecule has 3 N–H and O–H groups in total. The van der Waals surface area contributed by atoms with E-state index in [1.165, 1.54) is 135 Å². The molecule has 0 aromatic heterocycles. The summed E-state index contributed by atoms with van der Waals surface area (Å²) in [5, 5.41) is 18.4. The molecule has 0 spiro atoms. The first-order chi connectivity index (χ1) is 29.8. The van der Waals surface area contributed by atoms with Gasteiger partial charge in [0.05, 0.1) is 26.4 Å². The third-order valence-corrected chi connectivity index (χ3v) is 11.7. The molecule has 0 heterocycles. The van der Waals surface area contributed by atoms with Gasteiger partial charge in [0.25, 0.3) is 0 Å². The van der Waals surface area contributed by atoms with Crippen molar-refractivity contribution in [1.29, 1.82) is 0 Å². The summed E-state index contributed by atoms with van der Waals surface area (Å²) >= 11 is 0. The smallest absolute Gasteiger partial charge is 0.457 e. The average molecular weight is 883 g/mol. The van der Waals surface area contributed by atoms with Crippen LogP contribution in [0.15, 0.2) is 48.6 Å². The Labute approximate surface area is 375 Å². The minimum absolute atomic E-state index is 0.0426. The predicted molar refractivity (Wildman–Crippen MR) is 256 cm³/mol. The lowest BCUT2D eigenvalue weighted by Gasteiger charge is -2.20. The second-order valence-corrected chi connectivity index (χ2v) is 18.3. The van der Waals surface area contributed by atoms with E-state index in [0.29, 0.717) is 13.0 Å². The highest BCUT2D eigenvalue weighted by molar-refractivity contribution is 7.47. The highest BCUT2D eigenvalue weighted by atomic mass is 31.2. The summed E-state index contributed by atoms with van der Waals surface area (Å²) in [7, 11) is -4.53. The third kappa shape index (κ3) is 47.7. The number of allylic oxidation sites excluding steroid dienone is 8. The van der Waals surface area contributed by atoms with Gasteiger partial charge in [0, 0.05) is 13.0 Å². The van der Waals surface area contributed by atoms with E-state index in [0.717, 1.165) is 64.2 Å². The highest BCUT2D eigenvalue weighted by Crippen LogP contribution is 2.43. The van der Waals surface area contributed by atoms with E-state index in [-0.39, 0.29) is 19.6 Å². The maximum Gasteiger partial charge on any atom is 0.472 e. The number of hydrogen-bond donors (Lipinski definition) is 3. The lowest BCUT2D eigenvalue weighted by Crippen LogP contribution is -2.29. The molecule has 0 aliphatic heterocycles. The fourth-order valence-corrected chi connectivity index (χ4v) is 7.68. The molecule has 0 saturated carbocycles. The molecule has 3 unspecified atom stereocenters. The van der Waals surface area contributed by atoms with E-state index in [1.807, 2.05) is 0 Å². The minimum Gasteiger partial charge on any atom is -0.457 e. The zero-order valence-electron chi connectivity index (χ0n) is 39.4. The zero-order valence-corrected chi connectivity index (χ0v) is 40.3. The summed E-state index contributed by atoms with van der Waals surface area (Å²) in [6.07, 6.45) is 55.0. The Bertz CT molecular complexity index is 1090. The molecule has 0 rings (SSSR count). The first-order valence-electron chi connectivity index (χ1n) is 25.1. The van der Waals surface area contributed by atoms with Crippen LogP contribution in [0, 0.1) is 0 Å². The van der Waals surface area contributed by atoms with Crippen molar-refractivity contribution in [3.8, 4) is 0 Å². The lowest BCUT2D eigenvalue weighted by molar-refractivity contribution is -0.154. The van der Waals surface area contributed by atoms with Crippen molar-refractivity contribution in [2.75, 3.05) is 33.0 Å². The summed E-state index contributed by atoms with van der Waals surface area (Å²) < 4.78 is 33.5. The molecule has 0 aliphatic rings. The van der Waals surface area contributed by atoms with Crippen molar-refractivity contribution >= 4 is 13.8 Å². The van der Waals surface area contributed by atoms with Crippen LogP contribution in [-0.2, 0) is 27.9 Å². The van der Waals surface area contributed by atoms with Gasteiger partial charge >= 0.3 is 13.8 Å². The monoisotopic (exact) mass is 883 g/mol. The van der Waals surface area contributed by atoms with Crippen molar-refractivity contribution in [2.45, 2.75) is 238 Å². The highest BCUT2D eigenvalue weighted by Gasteiger charge is 2.26. The van der Waals surface area contributed by atoms with E-state index < -0.39 is 39.2 Å². The zero-order chi connectivity index (χ0) is 44.6. The second-order valence-electron chi connectivity index (χ2n) is 16.8. The van der Waals surface area contributed by atoms with Crippen LogP contribution in [0.5, 0.6) is 0 Å². The van der Waals surface area contributed by atoms with Gasteiger partial charge in [-0.05, 0) is 77.0 Å². The summed E-state index contributed by atoms with van der Waals surface area (Å²) in [5.41, 5.74) is 0. The van der Waals surface area contributed by atoms with Crippen molar-refractivity contribution < 1.29 is 43.0 Å². The molecule has 0 aliphatic carbocycles. The molecular formula is C51H95O9P. The molecule has 0 fully saturated rings. The molecular weight excluding hydrogens is 788 g/mol. The van der Waals surface area contributed by atoms with Crippen LogP contribution in [0.25, 0.3) is 0 Å². The van der Waals surface area contributed by atoms with Gasteiger partial charge < -0.3 is 24.6 Å². The van der Waals surface area contributed by atoms with E-state index in [9.17, 15) is 19.4 Å². The van der Waals surface area contributed by atoms with Crippen LogP contribution in [0.2, 0.25) is 0 Å². The SMILES string of the molecule is CCCCCC/C=C\C/C=C\CCCCCCCC(=O)OC(COCCCCCCCCCCCCCC/C=C\C/C=C\CCCCCCC)COP(=O)(O)OCC(O)CO. The Balaban J connectivity index is 4.07. The van der Waals surface area contributed by atoms with Gasteiger partial charge in [-0.25, -0.2) is 4.57 Å². The fourth-order valence-electron chi connectivity index (χ4n) is 6.89. The first kappa shape index (κ1) is 59.4. The van der Waals surface area contributed by atoms with Crippen LogP contribution in [-0.4, -0.2) is 66.3 Å². The van der Waals surface area contributed by atoms with Crippen LogP contribution in [0.1, 0.15) is 226 Å². The number of phosphoric acid groups is 1. The van der Waals surface area contributed by atoms with E-state index >= 15 is 0 Å². The van der Waals surface area contributed by atoms with Crippen molar-refractivity contribution in [3.05, 3.63) is 48.6 Å². The summed E-state index contributed by atoms with van der Waals surface area (Å²) in [6, 6.07) is 0. The molecule has 0 aromatic rings. The number of esters is 1. The number of unbranched alkanes of at least 4 members (excludes halogenated alkanes) is 26. The maximum absolute atomic E-state index is 12.7. The second kappa shape index (κ2) is 47.9. The number of rotatable bonds is 48. The van der Waals surface area contributed by atoms with Gasteiger partial charge in [-0.3, -0.25) is 13.8 Å². The van der Waals surface area contributed by atoms with Crippen LogP contribution < -0.4 is 0 Å². The molecule has 0 bridgehead atoms. The average Bonchev–Trinajstić information content (AvgIpc) is 3.25. The summed E-state index contributed by atoms with van der Waals surface area (Å²) in [5.74, 6) is -0.395. The molecule has 358 valence electrons. The molecule has 3 atom stereocenters. The topological polar surface area (TPSA) is 132 Å². The molecule has 61 heavy (non-hydrogen) atoms. The molecule has 0 saturated heterocycles. The number of aliphatic hydroxyl groups excluding tert-OH is 2.